The minimum Gasteiger partial charge on any atom is -0.452 e. The molecule has 1 fully saturated rings. The lowest BCUT2D eigenvalue weighted by molar-refractivity contribution is 0.481. The Morgan fingerprint density at radius 2 is 2.11 bits per heavy atom. The van der Waals surface area contributed by atoms with Crippen molar-refractivity contribution in [1.82, 2.24) is 4.72 Å². The van der Waals surface area contributed by atoms with Crippen LogP contribution in [-0.4, -0.2) is 15.0 Å². The van der Waals surface area contributed by atoms with Gasteiger partial charge in [0.1, 0.15) is 10.7 Å². The summed E-state index contributed by atoms with van der Waals surface area (Å²) >= 11 is 3.11. The van der Waals surface area contributed by atoms with E-state index in [0.717, 1.165) is 6.42 Å². The number of hydrogen-bond donors (Lipinski definition) is 2. The van der Waals surface area contributed by atoms with Crippen LogP contribution in [0.3, 0.4) is 0 Å². The minimum atomic E-state index is -3.52. The molecule has 108 valence electrons. The van der Waals surface area contributed by atoms with Gasteiger partial charge in [0.15, 0.2) is 4.67 Å². The molecule has 1 aromatic rings. The molecule has 3 N–H and O–H groups in total. The molecule has 1 aliphatic carbocycles. The molecule has 0 saturated heterocycles. The first-order valence-corrected chi connectivity index (χ1v) is 8.78. The van der Waals surface area contributed by atoms with Crippen molar-refractivity contribution in [2.45, 2.75) is 43.5 Å². The lowest BCUT2D eigenvalue weighted by atomic mass is 10.1. The molecule has 0 amide bonds. The Hall–Kier alpha value is -0.370. The normalized spacial score (nSPS) is 17.2. The highest BCUT2D eigenvalue weighted by atomic mass is 79.9. The molecule has 19 heavy (non-hydrogen) atoms. The van der Waals surface area contributed by atoms with Gasteiger partial charge in [-0.05, 0) is 28.3 Å². The second-order valence-corrected chi connectivity index (χ2v) is 7.35. The van der Waals surface area contributed by atoms with Crippen molar-refractivity contribution >= 4 is 26.0 Å². The van der Waals surface area contributed by atoms with Crippen molar-refractivity contribution in [2.24, 2.45) is 11.7 Å². The molecule has 0 bridgehead atoms. The first kappa shape index (κ1) is 15.0. The van der Waals surface area contributed by atoms with Crippen molar-refractivity contribution < 1.29 is 12.8 Å². The highest BCUT2D eigenvalue weighted by Crippen LogP contribution is 2.28. The van der Waals surface area contributed by atoms with E-state index >= 15 is 0 Å². The molecular formula is C12H19BrN2O3S. The van der Waals surface area contributed by atoms with Gasteiger partial charge in [-0.15, -0.1) is 0 Å². The summed E-state index contributed by atoms with van der Waals surface area (Å²) in [4.78, 5) is 0.124. The zero-order chi connectivity index (χ0) is 13.9. The van der Waals surface area contributed by atoms with Crippen LogP contribution in [0.15, 0.2) is 20.0 Å². The van der Waals surface area contributed by atoms with Gasteiger partial charge in [0, 0.05) is 12.6 Å². The van der Waals surface area contributed by atoms with Crippen LogP contribution in [0.1, 0.15) is 37.9 Å². The van der Waals surface area contributed by atoms with Gasteiger partial charge in [0.2, 0.25) is 10.0 Å². The molecule has 0 aliphatic heterocycles. The van der Waals surface area contributed by atoms with Crippen molar-refractivity contribution in [1.29, 1.82) is 0 Å². The third-order valence-electron chi connectivity index (χ3n) is 3.52. The smallest absolute Gasteiger partial charge is 0.244 e. The predicted molar refractivity (Wildman–Crippen MR) is 76.1 cm³/mol. The third-order valence-corrected chi connectivity index (χ3v) is 5.83. The van der Waals surface area contributed by atoms with Gasteiger partial charge in [-0.2, -0.15) is 0 Å². The maximum Gasteiger partial charge on any atom is 0.244 e. The van der Waals surface area contributed by atoms with Crippen molar-refractivity contribution in [3.8, 4) is 0 Å². The lowest BCUT2D eigenvalue weighted by Gasteiger charge is -2.09. The fourth-order valence-electron chi connectivity index (χ4n) is 2.46. The van der Waals surface area contributed by atoms with Crippen LogP contribution in [-0.2, 0) is 16.6 Å². The summed E-state index contributed by atoms with van der Waals surface area (Å²) in [6, 6.07) is 1.46. The van der Waals surface area contributed by atoms with E-state index in [1.54, 1.807) is 0 Å². The van der Waals surface area contributed by atoms with Gasteiger partial charge in [-0.1, -0.05) is 25.7 Å². The Bertz CT molecular complexity index is 521. The minimum absolute atomic E-state index is 0.124. The van der Waals surface area contributed by atoms with Crippen LogP contribution in [0.5, 0.6) is 0 Å². The van der Waals surface area contributed by atoms with Gasteiger partial charge < -0.3 is 10.2 Å². The van der Waals surface area contributed by atoms with Crippen LogP contribution in [0.2, 0.25) is 0 Å². The zero-order valence-electron chi connectivity index (χ0n) is 10.7. The van der Waals surface area contributed by atoms with Gasteiger partial charge in [0.25, 0.3) is 0 Å². The lowest BCUT2D eigenvalue weighted by Crippen LogP contribution is -2.25. The number of halogens is 1. The van der Waals surface area contributed by atoms with Crippen molar-refractivity contribution in [3.05, 3.63) is 16.5 Å². The molecule has 7 heteroatoms. The first-order valence-electron chi connectivity index (χ1n) is 6.51. The van der Waals surface area contributed by atoms with E-state index in [4.69, 9.17) is 10.2 Å². The summed E-state index contributed by atoms with van der Waals surface area (Å²) in [5, 5.41) is 0. The summed E-state index contributed by atoms with van der Waals surface area (Å²) in [5.41, 5.74) is 5.43. The maximum atomic E-state index is 12.1. The van der Waals surface area contributed by atoms with E-state index in [1.807, 2.05) is 0 Å². The second-order valence-electron chi connectivity index (χ2n) is 4.89. The maximum absolute atomic E-state index is 12.1. The highest BCUT2D eigenvalue weighted by Gasteiger charge is 2.22. The summed E-state index contributed by atoms with van der Waals surface area (Å²) in [6.45, 7) is 0.652. The van der Waals surface area contributed by atoms with Crippen LogP contribution in [0.4, 0.5) is 0 Å². The van der Waals surface area contributed by atoms with Gasteiger partial charge in [0.05, 0.1) is 6.54 Å². The number of furan rings is 1. The largest absolute Gasteiger partial charge is 0.452 e. The Labute approximate surface area is 122 Å². The average molecular weight is 351 g/mol. The van der Waals surface area contributed by atoms with Gasteiger partial charge >= 0.3 is 0 Å². The summed E-state index contributed by atoms with van der Waals surface area (Å²) < 4.78 is 32.3. The molecule has 1 aliphatic rings. The Morgan fingerprint density at radius 1 is 1.42 bits per heavy atom. The van der Waals surface area contributed by atoms with Gasteiger partial charge in [-0.25, -0.2) is 13.1 Å². The summed E-state index contributed by atoms with van der Waals surface area (Å²) in [6.07, 6.45) is 5.87. The highest BCUT2D eigenvalue weighted by molar-refractivity contribution is 9.10. The SMILES string of the molecule is NCc1cc(S(=O)(=O)NCCC2CCCC2)c(Br)o1. The predicted octanol–water partition coefficient (Wildman–Crippen LogP) is 2.36. The standard InChI is InChI=1S/C12H19BrN2O3S/c13-12-11(7-10(8-14)18-12)19(16,17)15-6-5-9-3-1-2-4-9/h7,9,15H,1-6,8,14H2. The quantitative estimate of drug-likeness (QED) is 0.824. The monoisotopic (exact) mass is 350 g/mol. The van der Waals surface area contributed by atoms with Crippen LogP contribution >= 0.6 is 15.9 Å². The van der Waals surface area contributed by atoms with Crippen LogP contribution in [0, 0.1) is 5.92 Å². The van der Waals surface area contributed by atoms with E-state index < -0.39 is 10.0 Å². The van der Waals surface area contributed by atoms with Crippen LogP contribution in [0.25, 0.3) is 0 Å². The molecule has 5 nitrogen and oxygen atoms in total. The van der Waals surface area contributed by atoms with E-state index in [2.05, 4.69) is 20.7 Å². The Balaban J connectivity index is 1.95. The average Bonchev–Trinajstić information content (AvgIpc) is 2.98. The molecule has 1 heterocycles. The number of nitrogens with one attached hydrogen (secondary N) is 1. The van der Waals surface area contributed by atoms with Gasteiger partial charge in [-0.3, -0.25) is 0 Å². The molecule has 0 unspecified atom stereocenters. The fourth-order valence-corrected chi connectivity index (χ4v) is 4.50. The topological polar surface area (TPSA) is 85.3 Å². The number of sulfonamides is 1. The number of nitrogens with two attached hydrogens (primary N) is 1. The fraction of sp³-hybridized carbons (Fsp3) is 0.667. The van der Waals surface area contributed by atoms with Crippen LogP contribution < -0.4 is 10.5 Å². The molecule has 2 rings (SSSR count). The Morgan fingerprint density at radius 3 is 2.68 bits per heavy atom. The molecule has 0 atom stereocenters. The zero-order valence-corrected chi connectivity index (χ0v) is 13.1. The molecule has 0 spiro atoms. The van der Waals surface area contributed by atoms with E-state index in [1.165, 1.54) is 31.7 Å². The molecule has 1 aromatic heterocycles. The number of rotatable bonds is 6. The second kappa shape index (κ2) is 6.39. The van der Waals surface area contributed by atoms with E-state index in [9.17, 15) is 8.42 Å². The molecule has 0 radical (unpaired) electrons. The number of hydrogen-bond acceptors (Lipinski definition) is 4. The van der Waals surface area contributed by atoms with Crippen molar-refractivity contribution in [2.75, 3.05) is 6.54 Å². The molecular weight excluding hydrogens is 332 g/mol. The summed E-state index contributed by atoms with van der Waals surface area (Å²) in [7, 11) is -3.52. The third kappa shape index (κ3) is 3.81. The van der Waals surface area contributed by atoms with Crippen molar-refractivity contribution in [3.63, 3.8) is 0 Å². The molecule has 1 saturated carbocycles. The van der Waals surface area contributed by atoms with E-state index in [0.29, 0.717) is 18.2 Å². The van der Waals surface area contributed by atoms with E-state index in [-0.39, 0.29) is 16.1 Å². The molecule has 0 aromatic carbocycles. The first-order chi connectivity index (χ1) is 9.03. The summed E-state index contributed by atoms with van der Waals surface area (Å²) in [5.74, 6) is 1.11. The Kier molecular flexibility index (Phi) is 5.05.